The molecule has 2 N–H and O–H groups in total. The summed E-state index contributed by atoms with van der Waals surface area (Å²) in [6.45, 7) is 6.45. The summed E-state index contributed by atoms with van der Waals surface area (Å²) in [7, 11) is 0. The van der Waals surface area contributed by atoms with E-state index in [1.165, 1.54) is 18.4 Å². The van der Waals surface area contributed by atoms with Gasteiger partial charge in [0.05, 0.1) is 12.3 Å². The molecule has 0 amide bonds. The molecule has 144 valence electrons. The second-order valence-corrected chi connectivity index (χ2v) is 7.53. The van der Waals surface area contributed by atoms with E-state index in [1.54, 1.807) is 0 Å². The molecule has 1 aromatic heterocycles. The number of likely N-dealkylation sites (tertiary alicyclic amines) is 1. The van der Waals surface area contributed by atoms with Crippen LogP contribution in [0.5, 0.6) is 5.75 Å². The summed E-state index contributed by atoms with van der Waals surface area (Å²) in [5, 5.41) is 12.8. The number of aliphatic hydroxyl groups is 1. The van der Waals surface area contributed by atoms with Crippen molar-refractivity contribution in [3.05, 3.63) is 46.9 Å². The van der Waals surface area contributed by atoms with E-state index < -0.39 is 0 Å². The number of aromatic nitrogens is 2. The lowest BCUT2D eigenvalue weighted by molar-refractivity contribution is 0.144. The van der Waals surface area contributed by atoms with E-state index >= 15 is 0 Å². The van der Waals surface area contributed by atoms with Crippen molar-refractivity contribution < 1.29 is 9.84 Å². The molecule has 1 unspecified atom stereocenters. The lowest BCUT2D eigenvalue weighted by Crippen LogP contribution is -2.39. The van der Waals surface area contributed by atoms with Gasteiger partial charge in [-0.1, -0.05) is 18.2 Å². The lowest BCUT2D eigenvalue weighted by Gasteiger charge is -2.32. The normalized spacial score (nSPS) is 19.6. The van der Waals surface area contributed by atoms with E-state index in [0.717, 1.165) is 61.2 Å². The van der Waals surface area contributed by atoms with Gasteiger partial charge in [-0.2, -0.15) is 0 Å². The van der Waals surface area contributed by atoms with Gasteiger partial charge in [0, 0.05) is 31.6 Å². The highest BCUT2D eigenvalue weighted by Crippen LogP contribution is 2.31. The second kappa shape index (κ2) is 8.23. The summed E-state index contributed by atoms with van der Waals surface area (Å²) in [5.41, 5.74) is 3.30. The summed E-state index contributed by atoms with van der Waals surface area (Å²) in [6.07, 6.45) is 3.19. The number of hydrogen-bond acceptors (Lipinski definition) is 6. The Morgan fingerprint density at radius 2 is 2.19 bits per heavy atom. The Hall–Kier alpha value is -2.18. The zero-order chi connectivity index (χ0) is 18.6. The number of aryl methyl sites for hydroxylation is 1. The molecule has 1 fully saturated rings. The van der Waals surface area contributed by atoms with Gasteiger partial charge in [-0.15, -0.1) is 0 Å². The number of nitrogens with one attached hydrogen (secondary N) is 1. The SMILES string of the molecule is Cc1nc2c(c(NCC3CCCN(CCO)C3)n1)Cc1ccccc1OC2. The van der Waals surface area contributed by atoms with E-state index in [-0.39, 0.29) is 6.61 Å². The molecule has 6 nitrogen and oxygen atoms in total. The summed E-state index contributed by atoms with van der Waals surface area (Å²) in [4.78, 5) is 11.7. The van der Waals surface area contributed by atoms with Crippen molar-refractivity contribution in [3.8, 4) is 5.75 Å². The topological polar surface area (TPSA) is 70.5 Å². The predicted molar refractivity (Wildman–Crippen MR) is 105 cm³/mol. The van der Waals surface area contributed by atoms with Crippen LogP contribution in [0.3, 0.4) is 0 Å². The Labute approximate surface area is 160 Å². The van der Waals surface area contributed by atoms with Crippen LogP contribution < -0.4 is 10.1 Å². The van der Waals surface area contributed by atoms with Crippen LogP contribution in [0.1, 0.15) is 35.5 Å². The van der Waals surface area contributed by atoms with Crippen LogP contribution in [-0.4, -0.2) is 52.8 Å². The van der Waals surface area contributed by atoms with Crippen molar-refractivity contribution in [1.29, 1.82) is 0 Å². The molecule has 4 rings (SSSR count). The molecule has 2 aliphatic rings. The molecule has 2 aliphatic heterocycles. The van der Waals surface area contributed by atoms with Crippen LogP contribution in [0.15, 0.2) is 24.3 Å². The first-order chi connectivity index (χ1) is 13.2. The third-order valence-corrected chi connectivity index (χ3v) is 5.49. The van der Waals surface area contributed by atoms with E-state index in [1.807, 2.05) is 25.1 Å². The Balaban J connectivity index is 1.51. The van der Waals surface area contributed by atoms with Crippen LogP contribution in [0.4, 0.5) is 5.82 Å². The Bertz CT molecular complexity index is 794. The second-order valence-electron chi connectivity index (χ2n) is 7.53. The third kappa shape index (κ3) is 4.22. The van der Waals surface area contributed by atoms with Gasteiger partial charge >= 0.3 is 0 Å². The first-order valence-electron chi connectivity index (χ1n) is 9.87. The molecular weight excluding hydrogens is 340 g/mol. The standard InChI is InChI=1S/C21H28N4O2/c1-15-23-19-14-27-20-7-3-2-6-17(20)11-18(19)21(24-15)22-12-16-5-4-8-25(13-16)9-10-26/h2-3,6-7,16,26H,4-5,8-14H2,1H3,(H,22,23,24). The number of aliphatic hydroxyl groups excluding tert-OH is 1. The fraction of sp³-hybridized carbons (Fsp3) is 0.524. The molecule has 3 heterocycles. The Morgan fingerprint density at radius 1 is 1.30 bits per heavy atom. The molecule has 1 aromatic carbocycles. The predicted octanol–water partition coefficient (Wildman–Crippen LogP) is 2.38. The monoisotopic (exact) mass is 368 g/mol. The van der Waals surface area contributed by atoms with Gasteiger partial charge in [-0.05, 0) is 43.9 Å². The van der Waals surface area contributed by atoms with E-state index in [2.05, 4.69) is 21.3 Å². The van der Waals surface area contributed by atoms with E-state index in [0.29, 0.717) is 12.5 Å². The number of para-hydroxylation sites is 1. The van der Waals surface area contributed by atoms with Crippen molar-refractivity contribution in [2.75, 3.05) is 38.1 Å². The van der Waals surface area contributed by atoms with Crippen molar-refractivity contribution in [3.63, 3.8) is 0 Å². The smallest absolute Gasteiger partial charge is 0.133 e. The highest BCUT2D eigenvalue weighted by atomic mass is 16.5. The third-order valence-electron chi connectivity index (χ3n) is 5.49. The average Bonchev–Trinajstić information content (AvgIpc) is 2.86. The number of ether oxygens (including phenoxy) is 1. The average molecular weight is 368 g/mol. The number of fused-ring (bicyclic) bond motifs is 2. The van der Waals surface area contributed by atoms with Gasteiger partial charge in [0.2, 0.25) is 0 Å². The van der Waals surface area contributed by atoms with Crippen LogP contribution in [-0.2, 0) is 13.0 Å². The molecule has 0 aliphatic carbocycles. The van der Waals surface area contributed by atoms with Gasteiger partial charge in [0.15, 0.2) is 0 Å². The zero-order valence-corrected chi connectivity index (χ0v) is 15.9. The first-order valence-corrected chi connectivity index (χ1v) is 9.87. The van der Waals surface area contributed by atoms with E-state index in [4.69, 9.17) is 9.72 Å². The molecule has 0 radical (unpaired) electrons. The van der Waals surface area contributed by atoms with Gasteiger partial charge in [0.25, 0.3) is 0 Å². The van der Waals surface area contributed by atoms with Gasteiger partial charge in [-0.3, -0.25) is 0 Å². The first kappa shape index (κ1) is 18.2. The maximum Gasteiger partial charge on any atom is 0.133 e. The minimum atomic E-state index is 0.234. The Morgan fingerprint density at radius 3 is 3.07 bits per heavy atom. The molecule has 1 saturated heterocycles. The van der Waals surface area contributed by atoms with Crippen molar-refractivity contribution >= 4 is 5.82 Å². The minimum Gasteiger partial charge on any atom is -0.487 e. The molecule has 0 bridgehead atoms. The fourth-order valence-electron chi connectivity index (χ4n) is 4.14. The van der Waals surface area contributed by atoms with Gasteiger partial charge in [-0.25, -0.2) is 9.97 Å². The fourth-order valence-corrected chi connectivity index (χ4v) is 4.14. The number of β-amino-alcohol motifs (C(OH)–C–C–N with tert-alkyl or cyclic N) is 1. The number of piperidine rings is 1. The largest absolute Gasteiger partial charge is 0.487 e. The molecule has 2 aromatic rings. The van der Waals surface area contributed by atoms with Gasteiger partial charge in [0.1, 0.15) is 24.0 Å². The highest BCUT2D eigenvalue weighted by Gasteiger charge is 2.22. The summed E-state index contributed by atoms with van der Waals surface area (Å²) in [6, 6.07) is 8.19. The quantitative estimate of drug-likeness (QED) is 0.844. The summed E-state index contributed by atoms with van der Waals surface area (Å²) < 4.78 is 5.97. The molecule has 1 atom stereocenters. The number of rotatable bonds is 5. The molecule has 6 heteroatoms. The number of anilines is 1. The van der Waals surface area contributed by atoms with Crippen molar-refractivity contribution in [1.82, 2.24) is 14.9 Å². The zero-order valence-electron chi connectivity index (χ0n) is 15.9. The number of benzene rings is 1. The van der Waals surface area contributed by atoms with Crippen LogP contribution in [0, 0.1) is 12.8 Å². The molecular formula is C21H28N4O2. The lowest BCUT2D eigenvalue weighted by atomic mass is 9.97. The minimum absolute atomic E-state index is 0.234. The maximum absolute atomic E-state index is 9.20. The summed E-state index contributed by atoms with van der Waals surface area (Å²) in [5.74, 6) is 3.23. The molecule has 0 spiro atoms. The number of hydrogen-bond donors (Lipinski definition) is 2. The molecule has 0 saturated carbocycles. The number of nitrogens with zero attached hydrogens (tertiary/aromatic N) is 3. The Kier molecular flexibility index (Phi) is 5.55. The summed E-state index contributed by atoms with van der Waals surface area (Å²) >= 11 is 0. The maximum atomic E-state index is 9.20. The highest BCUT2D eigenvalue weighted by molar-refractivity contribution is 5.52. The van der Waals surface area contributed by atoms with Crippen LogP contribution in [0.2, 0.25) is 0 Å². The van der Waals surface area contributed by atoms with E-state index in [9.17, 15) is 5.11 Å². The van der Waals surface area contributed by atoms with Crippen molar-refractivity contribution in [2.24, 2.45) is 5.92 Å². The van der Waals surface area contributed by atoms with Gasteiger partial charge < -0.3 is 20.1 Å². The van der Waals surface area contributed by atoms with Crippen molar-refractivity contribution in [2.45, 2.75) is 32.8 Å². The molecule has 27 heavy (non-hydrogen) atoms. The van der Waals surface area contributed by atoms with Crippen LogP contribution in [0.25, 0.3) is 0 Å². The van der Waals surface area contributed by atoms with Crippen LogP contribution >= 0.6 is 0 Å².